The van der Waals surface area contributed by atoms with Crippen LogP contribution < -0.4 is 16.0 Å². The molecule has 0 bridgehead atoms. The second kappa shape index (κ2) is 9.82. The minimum atomic E-state index is -0.370. The Kier molecular flexibility index (Phi) is 6.50. The Morgan fingerprint density at radius 2 is 1.59 bits per heavy atom. The van der Waals surface area contributed by atoms with E-state index in [0.29, 0.717) is 30.9 Å². The highest BCUT2D eigenvalue weighted by molar-refractivity contribution is 6.03. The van der Waals surface area contributed by atoms with Crippen molar-refractivity contribution in [3.05, 3.63) is 78.8 Å². The number of amides is 4. The molecule has 2 aromatic carbocycles. The molecule has 8 heteroatoms. The number of anilines is 3. The molecule has 3 N–H and O–H groups in total. The lowest BCUT2D eigenvalue weighted by Crippen LogP contribution is -2.45. The van der Waals surface area contributed by atoms with Crippen molar-refractivity contribution < 1.29 is 18.8 Å². The van der Waals surface area contributed by atoms with Crippen LogP contribution in [0.1, 0.15) is 23.4 Å². The van der Waals surface area contributed by atoms with E-state index >= 15 is 0 Å². The van der Waals surface area contributed by atoms with E-state index in [-0.39, 0.29) is 29.5 Å². The Balaban J connectivity index is 1.34. The van der Waals surface area contributed by atoms with Crippen LogP contribution in [-0.4, -0.2) is 35.8 Å². The molecule has 0 radical (unpaired) electrons. The van der Waals surface area contributed by atoms with E-state index < -0.39 is 0 Å². The highest BCUT2D eigenvalue weighted by Gasteiger charge is 2.28. The minimum Gasteiger partial charge on any atom is -0.459 e. The number of hydrogen-bond acceptors (Lipinski definition) is 4. The summed E-state index contributed by atoms with van der Waals surface area (Å²) in [5.74, 6) is -0.635. The largest absolute Gasteiger partial charge is 0.459 e. The second-order valence-corrected chi connectivity index (χ2v) is 7.58. The van der Waals surface area contributed by atoms with Crippen LogP contribution in [0.4, 0.5) is 21.9 Å². The first kappa shape index (κ1) is 21.2. The number of nitrogens with one attached hydrogen (secondary N) is 3. The summed E-state index contributed by atoms with van der Waals surface area (Å²) in [6, 6.07) is 19.1. The Morgan fingerprint density at radius 3 is 2.34 bits per heavy atom. The maximum atomic E-state index is 12.8. The average Bonchev–Trinajstić information content (AvgIpc) is 3.35. The third-order valence-electron chi connectivity index (χ3n) is 5.24. The smallest absolute Gasteiger partial charge is 0.321 e. The quantitative estimate of drug-likeness (QED) is 0.555. The molecule has 4 rings (SSSR count). The summed E-state index contributed by atoms with van der Waals surface area (Å²) in [5.41, 5.74) is 1.83. The molecular weight excluding hydrogens is 408 g/mol. The zero-order valence-corrected chi connectivity index (χ0v) is 17.4. The summed E-state index contributed by atoms with van der Waals surface area (Å²) in [6.07, 6.45) is 2.88. The van der Waals surface area contributed by atoms with E-state index in [4.69, 9.17) is 4.42 Å². The van der Waals surface area contributed by atoms with Gasteiger partial charge in [0.15, 0.2) is 5.76 Å². The van der Waals surface area contributed by atoms with E-state index in [2.05, 4.69) is 16.0 Å². The van der Waals surface area contributed by atoms with Gasteiger partial charge in [-0.05, 0) is 55.3 Å². The number of carbonyl (C=O) groups is 3. The zero-order chi connectivity index (χ0) is 22.3. The molecule has 8 nitrogen and oxygen atoms in total. The van der Waals surface area contributed by atoms with Gasteiger partial charge < -0.3 is 25.3 Å². The molecule has 0 saturated carbocycles. The topological polar surface area (TPSA) is 104 Å². The zero-order valence-electron chi connectivity index (χ0n) is 17.4. The van der Waals surface area contributed by atoms with Crippen molar-refractivity contribution in [3.8, 4) is 0 Å². The van der Waals surface area contributed by atoms with Gasteiger partial charge in [0.25, 0.3) is 5.91 Å². The number of benzene rings is 2. The molecule has 0 aliphatic carbocycles. The summed E-state index contributed by atoms with van der Waals surface area (Å²) in [5, 5.41) is 8.50. The summed E-state index contributed by atoms with van der Waals surface area (Å²) in [7, 11) is 0. The van der Waals surface area contributed by atoms with Crippen molar-refractivity contribution >= 4 is 34.9 Å². The van der Waals surface area contributed by atoms with Crippen molar-refractivity contribution in [1.29, 1.82) is 0 Å². The molecule has 0 spiro atoms. The Labute approximate surface area is 185 Å². The van der Waals surface area contributed by atoms with Gasteiger partial charge in [-0.25, -0.2) is 4.79 Å². The van der Waals surface area contributed by atoms with E-state index in [9.17, 15) is 14.4 Å². The summed E-state index contributed by atoms with van der Waals surface area (Å²) < 4.78 is 5.09. The number of urea groups is 1. The highest BCUT2D eigenvalue weighted by atomic mass is 16.3. The molecule has 1 aliphatic rings. The Morgan fingerprint density at radius 1 is 0.844 bits per heavy atom. The van der Waals surface area contributed by atoms with Crippen molar-refractivity contribution in [2.75, 3.05) is 29.0 Å². The number of para-hydroxylation sites is 1. The molecule has 1 unspecified atom stereocenters. The van der Waals surface area contributed by atoms with Crippen LogP contribution in [0.15, 0.2) is 77.4 Å². The molecule has 1 aliphatic heterocycles. The number of nitrogens with zero attached hydrogens (tertiary/aromatic N) is 1. The van der Waals surface area contributed by atoms with Gasteiger partial charge in [-0.15, -0.1) is 0 Å². The van der Waals surface area contributed by atoms with Gasteiger partial charge in [-0.1, -0.05) is 24.3 Å². The van der Waals surface area contributed by atoms with E-state index in [1.165, 1.54) is 6.26 Å². The van der Waals surface area contributed by atoms with Crippen LogP contribution in [0, 0.1) is 5.92 Å². The number of likely N-dealkylation sites (tertiary alicyclic amines) is 1. The SMILES string of the molecule is O=C(Nc1cccc(NC(=O)C2CCCN(C(=O)Nc3ccccc3)C2)c1)c1ccco1. The molecule has 2 heterocycles. The maximum absolute atomic E-state index is 12.8. The lowest BCUT2D eigenvalue weighted by Gasteiger charge is -2.32. The minimum absolute atomic E-state index is 0.156. The van der Waals surface area contributed by atoms with Gasteiger partial charge in [-0.3, -0.25) is 9.59 Å². The molecule has 1 saturated heterocycles. The van der Waals surface area contributed by atoms with Crippen LogP contribution in [0.5, 0.6) is 0 Å². The molecule has 1 fully saturated rings. The standard InChI is InChI=1S/C24H24N4O4/c29-22(17-7-5-13-28(16-17)24(31)27-18-8-2-1-3-9-18)25-19-10-4-11-20(15-19)26-23(30)21-12-6-14-32-21/h1-4,6,8-12,14-15,17H,5,7,13,16H2,(H,25,29)(H,26,30)(H,27,31). The molecule has 1 aromatic heterocycles. The molecule has 3 aromatic rings. The van der Waals surface area contributed by atoms with Crippen LogP contribution in [0.2, 0.25) is 0 Å². The lowest BCUT2D eigenvalue weighted by molar-refractivity contribution is -0.121. The van der Waals surface area contributed by atoms with Crippen LogP contribution in [0.25, 0.3) is 0 Å². The number of piperidine rings is 1. The third-order valence-corrected chi connectivity index (χ3v) is 5.24. The summed E-state index contributed by atoms with van der Waals surface area (Å²) >= 11 is 0. The first-order valence-corrected chi connectivity index (χ1v) is 10.5. The fraction of sp³-hybridized carbons (Fsp3) is 0.208. The van der Waals surface area contributed by atoms with Crippen LogP contribution in [-0.2, 0) is 4.79 Å². The first-order valence-electron chi connectivity index (χ1n) is 10.5. The average molecular weight is 432 g/mol. The van der Waals surface area contributed by atoms with Crippen LogP contribution >= 0.6 is 0 Å². The molecule has 32 heavy (non-hydrogen) atoms. The normalized spacial score (nSPS) is 15.6. The third kappa shape index (κ3) is 5.34. The number of hydrogen-bond donors (Lipinski definition) is 3. The number of carbonyl (C=O) groups excluding carboxylic acids is 3. The first-order chi connectivity index (χ1) is 15.6. The highest BCUT2D eigenvalue weighted by Crippen LogP contribution is 2.22. The van der Waals surface area contributed by atoms with Gasteiger partial charge >= 0.3 is 6.03 Å². The number of rotatable bonds is 5. The van der Waals surface area contributed by atoms with Crippen molar-refractivity contribution in [3.63, 3.8) is 0 Å². The van der Waals surface area contributed by atoms with Gasteiger partial charge in [0.2, 0.25) is 5.91 Å². The van der Waals surface area contributed by atoms with E-state index in [1.807, 2.05) is 30.3 Å². The summed E-state index contributed by atoms with van der Waals surface area (Å²) in [4.78, 5) is 39.2. The molecular formula is C24H24N4O4. The van der Waals surface area contributed by atoms with E-state index in [1.54, 1.807) is 41.3 Å². The van der Waals surface area contributed by atoms with Gasteiger partial charge in [0, 0.05) is 30.2 Å². The Hall–Kier alpha value is -4.07. The number of furan rings is 1. The maximum Gasteiger partial charge on any atom is 0.321 e. The fourth-order valence-corrected chi connectivity index (χ4v) is 3.62. The molecule has 4 amide bonds. The van der Waals surface area contributed by atoms with Gasteiger partial charge in [-0.2, -0.15) is 0 Å². The fourth-order valence-electron chi connectivity index (χ4n) is 3.62. The monoisotopic (exact) mass is 432 g/mol. The Bertz CT molecular complexity index is 1080. The van der Waals surface area contributed by atoms with Crippen molar-refractivity contribution in [2.24, 2.45) is 5.92 Å². The van der Waals surface area contributed by atoms with Crippen LogP contribution in [0.3, 0.4) is 0 Å². The van der Waals surface area contributed by atoms with Gasteiger partial charge in [0.1, 0.15) is 0 Å². The predicted octanol–water partition coefficient (Wildman–Crippen LogP) is 4.41. The van der Waals surface area contributed by atoms with Gasteiger partial charge in [0.05, 0.1) is 12.2 Å². The lowest BCUT2D eigenvalue weighted by atomic mass is 9.97. The van der Waals surface area contributed by atoms with Crippen molar-refractivity contribution in [2.45, 2.75) is 12.8 Å². The van der Waals surface area contributed by atoms with E-state index in [0.717, 1.165) is 12.1 Å². The second-order valence-electron chi connectivity index (χ2n) is 7.58. The predicted molar refractivity (Wildman–Crippen MR) is 121 cm³/mol. The molecule has 164 valence electrons. The molecule has 1 atom stereocenters. The van der Waals surface area contributed by atoms with Crippen molar-refractivity contribution in [1.82, 2.24) is 4.90 Å². The summed E-state index contributed by atoms with van der Waals surface area (Å²) in [6.45, 7) is 0.955.